The van der Waals surface area contributed by atoms with Crippen LogP contribution in [0.5, 0.6) is 0 Å². The molecule has 0 bridgehead atoms. The van der Waals surface area contributed by atoms with Gasteiger partial charge in [0.1, 0.15) is 0 Å². The molecule has 0 radical (unpaired) electrons. The van der Waals surface area contributed by atoms with E-state index in [2.05, 4.69) is 46.4 Å². The maximum absolute atomic E-state index is 9.92. The number of hydrogen-bond donors (Lipinski definition) is 2. The molecule has 1 fully saturated rings. The number of anilines is 2. The Morgan fingerprint density at radius 3 is 2.55 bits per heavy atom. The average Bonchev–Trinajstić information content (AvgIpc) is 3.33. The van der Waals surface area contributed by atoms with Crippen LogP contribution in [0.1, 0.15) is 12.8 Å². The van der Waals surface area contributed by atoms with E-state index in [4.69, 9.17) is 0 Å². The summed E-state index contributed by atoms with van der Waals surface area (Å²) in [6.45, 7) is 3.15. The van der Waals surface area contributed by atoms with E-state index in [1.807, 2.05) is 7.05 Å². The van der Waals surface area contributed by atoms with Crippen LogP contribution in [0, 0.1) is 5.92 Å². The summed E-state index contributed by atoms with van der Waals surface area (Å²) < 4.78 is 0. The Bertz CT molecular complexity index is 469. The van der Waals surface area contributed by atoms with Crippen molar-refractivity contribution >= 4 is 11.4 Å². The van der Waals surface area contributed by atoms with Gasteiger partial charge in [-0.3, -0.25) is 0 Å². The van der Waals surface area contributed by atoms with E-state index < -0.39 is 0 Å². The molecular weight excluding hydrogens is 250 g/mol. The number of nitrogens with one attached hydrogen (secondary N) is 1. The summed E-state index contributed by atoms with van der Waals surface area (Å²) >= 11 is 0. The predicted molar refractivity (Wildman–Crippen MR) is 83.5 cm³/mol. The first kappa shape index (κ1) is 13.7. The highest BCUT2D eigenvalue weighted by Gasteiger charge is 2.45. The minimum atomic E-state index is -0.150. The number of hydrogen-bond acceptors (Lipinski definition) is 4. The number of fused-ring (bicyclic) bond motifs is 1. The molecule has 1 unspecified atom stereocenters. The van der Waals surface area contributed by atoms with Crippen LogP contribution in [0.2, 0.25) is 0 Å². The Morgan fingerprint density at radius 1 is 1.25 bits per heavy atom. The maximum Gasteiger partial charge on any atom is 0.0633 e. The summed E-state index contributed by atoms with van der Waals surface area (Å²) in [6, 6.07) is 8.56. The van der Waals surface area contributed by atoms with Crippen LogP contribution in [0.25, 0.3) is 0 Å². The lowest BCUT2D eigenvalue weighted by atomic mass is 9.92. The van der Waals surface area contributed by atoms with E-state index in [0.29, 0.717) is 5.92 Å². The van der Waals surface area contributed by atoms with E-state index in [9.17, 15) is 5.11 Å². The van der Waals surface area contributed by atoms with Crippen molar-refractivity contribution in [2.45, 2.75) is 18.4 Å². The Morgan fingerprint density at radius 2 is 1.95 bits per heavy atom. The molecule has 1 aliphatic carbocycles. The zero-order valence-electron chi connectivity index (χ0n) is 12.5. The van der Waals surface area contributed by atoms with Gasteiger partial charge in [-0.2, -0.15) is 0 Å². The molecule has 0 spiro atoms. The zero-order chi connectivity index (χ0) is 14.2. The largest absolute Gasteiger partial charge is 0.394 e. The molecule has 1 heterocycles. The van der Waals surface area contributed by atoms with Crippen LogP contribution in [0.3, 0.4) is 0 Å². The van der Waals surface area contributed by atoms with Gasteiger partial charge in [-0.05, 0) is 37.9 Å². The lowest BCUT2D eigenvalue weighted by Crippen LogP contribution is -2.58. The molecule has 1 saturated carbocycles. The minimum absolute atomic E-state index is 0.150. The molecule has 4 heteroatoms. The smallest absolute Gasteiger partial charge is 0.0633 e. The first-order chi connectivity index (χ1) is 9.70. The Balaban J connectivity index is 1.86. The van der Waals surface area contributed by atoms with E-state index in [0.717, 1.165) is 19.6 Å². The molecule has 110 valence electrons. The Labute approximate surface area is 121 Å². The molecule has 2 aliphatic rings. The highest BCUT2D eigenvalue weighted by Crippen LogP contribution is 2.41. The van der Waals surface area contributed by atoms with Crippen LogP contribution in [-0.4, -0.2) is 51.0 Å². The molecule has 2 N–H and O–H groups in total. The topological polar surface area (TPSA) is 38.7 Å². The molecule has 1 atom stereocenters. The summed E-state index contributed by atoms with van der Waals surface area (Å²) in [6.07, 6.45) is 2.47. The van der Waals surface area contributed by atoms with E-state index >= 15 is 0 Å². The van der Waals surface area contributed by atoms with Crippen LogP contribution in [0.15, 0.2) is 24.3 Å². The molecule has 0 amide bonds. The number of aliphatic hydroxyl groups is 1. The molecule has 4 nitrogen and oxygen atoms in total. The van der Waals surface area contributed by atoms with Crippen molar-refractivity contribution in [2.24, 2.45) is 5.92 Å². The second-order valence-electron chi connectivity index (χ2n) is 6.17. The van der Waals surface area contributed by atoms with Crippen molar-refractivity contribution in [1.82, 2.24) is 5.32 Å². The van der Waals surface area contributed by atoms with Gasteiger partial charge >= 0.3 is 0 Å². The fourth-order valence-electron chi connectivity index (χ4n) is 3.38. The summed E-state index contributed by atoms with van der Waals surface area (Å²) in [4.78, 5) is 4.74. The van der Waals surface area contributed by atoms with E-state index in [1.165, 1.54) is 24.2 Å². The summed E-state index contributed by atoms with van der Waals surface area (Å²) in [5.41, 5.74) is 2.43. The lowest BCUT2D eigenvalue weighted by molar-refractivity contribution is 0.151. The number of nitrogens with zero attached hydrogens (tertiary/aromatic N) is 2. The molecule has 20 heavy (non-hydrogen) atoms. The monoisotopic (exact) mass is 275 g/mol. The second kappa shape index (κ2) is 5.26. The SMILES string of the molecule is CNC(CO)(CN1CCN(C)c2ccccc21)C1CC1. The van der Waals surface area contributed by atoms with Gasteiger partial charge in [-0.25, -0.2) is 0 Å². The third-order valence-electron chi connectivity index (χ3n) is 4.95. The van der Waals surface area contributed by atoms with Gasteiger partial charge in [-0.1, -0.05) is 12.1 Å². The fraction of sp³-hybridized carbons (Fsp3) is 0.625. The standard InChI is InChI=1S/C16H25N3O/c1-17-16(12-20,13-7-8-13)11-19-10-9-18(2)14-5-3-4-6-15(14)19/h3-6,13,17,20H,7-12H2,1-2H3. The number of likely N-dealkylation sites (N-methyl/N-ethyl adjacent to an activating group) is 2. The minimum Gasteiger partial charge on any atom is -0.394 e. The highest BCUT2D eigenvalue weighted by molar-refractivity contribution is 5.73. The van der Waals surface area contributed by atoms with Crippen molar-refractivity contribution in [3.63, 3.8) is 0 Å². The summed E-state index contributed by atoms with van der Waals surface area (Å²) in [5.74, 6) is 0.615. The second-order valence-corrected chi connectivity index (χ2v) is 6.17. The molecule has 1 aromatic rings. The molecule has 0 aromatic heterocycles. The molecular formula is C16H25N3O. The van der Waals surface area contributed by atoms with Gasteiger partial charge in [0.05, 0.1) is 23.5 Å². The van der Waals surface area contributed by atoms with Gasteiger partial charge in [0.2, 0.25) is 0 Å². The van der Waals surface area contributed by atoms with Gasteiger partial charge in [0.15, 0.2) is 0 Å². The first-order valence-corrected chi connectivity index (χ1v) is 7.55. The number of para-hydroxylation sites is 2. The molecule has 0 saturated heterocycles. The average molecular weight is 275 g/mol. The van der Waals surface area contributed by atoms with Crippen molar-refractivity contribution in [2.75, 3.05) is 50.1 Å². The third-order valence-corrected chi connectivity index (χ3v) is 4.95. The fourth-order valence-corrected chi connectivity index (χ4v) is 3.38. The maximum atomic E-state index is 9.92. The quantitative estimate of drug-likeness (QED) is 0.850. The van der Waals surface area contributed by atoms with Crippen molar-refractivity contribution in [3.8, 4) is 0 Å². The zero-order valence-corrected chi connectivity index (χ0v) is 12.5. The van der Waals surface area contributed by atoms with Crippen molar-refractivity contribution in [1.29, 1.82) is 0 Å². The number of benzene rings is 1. The van der Waals surface area contributed by atoms with Crippen LogP contribution >= 0.6 is 0 Å². The number of rotatable bonds is 5. The highest BCUT2D eigenvalue weighted by atomic mass is 16.3. The third kappa shape index (κ3) is 2.27. The summed E-state index contributed by atoms with van der Waals surface area (Å²) in [5, 5.41) is 13.3. The van der Waals surface area contributed by atoms with Crippen LogP contribution < -0.4 is 15.1 Å². The van der Waals surface area contributed by atoms with E-state index in [1.54, 1.807) is 0 Å². The van der Waals surface area contributed by atoms with Crippen LogP contribution in [0.4, 0.5) is 11.4 Å². The number of aliphatic hydroxyl groups excluding tert-OH is 1. The molecule has 1 aliphatic heterocycles. The van der Waals surface area contributed by atoms with Gasteiger partial charge in [0, 0.05) is 26.7 Å². The van der Waals surface area contributed by atoms with E-state index in [-0.39, 0.29) is 12.1 Å². The van der Waals surface area contributed by atoms with Gasteiger partial charge in [-0.15, -0.1) is 0 Å². The predicted octanol–water partition coefficient (Wildman–Crippen LogP) is 1.30. The normalized spacial score (nSPS) is 21.6. The van der Waals surface area contributed by atoms with Crippen LogP contribution in [-0.2, 0) is 0 Å². The van der Waals surface area contributed by atoms with Gasteiger partial charge in [0.25, 0.3) is 0 Å². The Kier molecular flexibility index (Phi) is 3.61. The Hall–Kier alpha value is -1.26. The molecule has 3 rings (SSSR count). The van der Waals surface area contributed by atoms with Gasteiger partial charge < -0.3 is 20.2 Å². The summed E-state index contributed by atoms with van der Waals surface area (Å²) in [7, 11) is 4.13. The first-order valence-electron chi connectivity index (χ1n) is 7.55. The lowest BCUT2D eigenvalue weighted by Gasteiger charge is -2.43. The van der Waals surface area contributed by atoms with Crippen molar-refractivity contribution in [3.05, 3.63) is 24.3 Å². The molecule has 1 aromatic carbocycles. The van der Waals surface area contributed by atoms with Crippen molar-refractivity contribution < 1.29 is 5.11 Å².